The molecule has 3 N–H and O–H groups in total. The van der Waals surface area contributed by atoms with Crippen molar-refractivity contribution in [3.63, 3.8) is 0 Å². The molecule has 32 heavy (non-hydrogen) atoms. The maximum atomic E-state index is 9.93. The van der Waals surface area contributed by atoms with Crippen LogP contribution in [0.3, 0.4) is 0 Å². The van der Waals surface area contributed by atoms with E-state index in [1.54, 1.807) is 7.11 Å². The van der Waals surface area contributed by atoms with Gasteiger partial charge in [-0.2, -0.15) is 5.26 Å². The monoisotopic (exact) mass is 428 g/mol. The molecule has 0 spiro atoms. The van der Waals surface area contributed by atoms with Gasteiger partial charge in [0.25, 0.3) is 5.82 Å². The Morgan fingerprint density at radius 3 is 2.50 bits per heavy atom. The second kappa shape index (κ2) is 9.74. The van der Waals surface area contributed by atoms with Crippen LogP contribution in [0.1, 0.15) is 53.6 Å². The van der Waals surface area contributed by atoms with Crippen molar-refractivity contribution in [3.05, 3.63) is 70.4 Å². The lowest BCUT2D eigenvalue weighted by Crippen LogP contribution is -2.23. The molecule has 5 heteroatoms. The molecule has 0 bridgehead atoms. The second-order valence-corrected chi connectivity index (χ2v) is 8.40. The summed E-state index contributed by atoms with van der Waals surface area (Å²) in [5, 5.41) is 9.93. The Morgan fingerprint density at radius 1 is 1.03 bits per heavy atom. The Morgan fingerprint density at radius 2 is 1.78 bits per heavy atom. The summed E-state index contributed by atoms with van der Waals surface area (Å²) in [7, 11) is 1.66. The number of methoxy groups -OCH3 is 1. The van der Waals surface area contributed by atoms with E-state index in [4.69, 9.17) is 15.2 Å². The molecule has 0 fully saturated rings. The number of rotatable bonds is 5. The molecule has 3 aromatic rings. The summed E-state index contributed by atoms with van der Waals surface area (Å²) in [5.41, 5.74) is 13.2. The van der Waals surface area contributed by atoms with E-state index in [1.807, 2.05) is 36.4 Å². The fourth-order valence-corrected chi connectivity index (χ4v) is 4.46. The molecule has 0 amide bonds. The number of nitrogens with two attached hydrogens (primary N) is 1. The van der Waals surface area contributed by atoms with Gasteiger partial charge >= 0.3 is 0 Å². The lowest BCUT2D eigenvalue weighted by Gasteiger charge is -2.19. The Hall–Kier alpha value is -3.52. The van der Waals surface area contributed by atoms with Gasteiger partial charge in [0.15, 0.2) is 0 Å². The first-order valence-electron chi connectivity index (χ1n) is 11.2. The standard InChI is InChI=1S/C27H29N3O2/c1-18-9-12-21(13-10-18)32-17-20-15-19(11-14-25(20)31-2)26-22-7-5-3-4-6-8-24(22)30-27(29)23(26)16-28/h9-15H,3-8,17H2,1-2H3,(H2,29,30)/p+1. The van der Waals surface area contributed by atoms with Crippen LogP contribution in [0.5, 0.6) is 11.5 Å². The van der Waals surface area contributed by atoms with Crippen LogP contribution in [-0.2, 0) is 19.4 Å². The van der Waals surface area contributed by atoms with E-state index >= 15 is 0 Å². The van der Waals surface area contributed by atoms with Crippen molar-refractivity contribution in [2.75, 3.05) is 12.8 Å². The van der Waals surface area contributed by atoms with Crippen LogP contribution >= 0.6 is 0 Å². The number of nitrogen functional groups attached to an aromatic ring is 1. The zero-order valence-electron chi connectivity index (χ0n) is 18.8. The van der Waals surface area contributed by atoms with Crippen molar-refractivity contribution in [2.24, 2.45) is 0 Å². The van der Waals surface area contributed by atoms with E-state index in [-0.39, 0.29) is 0 Å². The van der Waals surface area contributed by atoms with Gasteiger partial charge in [0.05, 0.1) is 7.11 Å². The van der Waals surface area contributed by atoms with E-state index in [0.717, 1.165) is 59.6 Å². The minimum absolute atomic E-state index is 0.374. The first kappa shape index (κ1) is 21.7. The van der Waals surface area contributed by atoms with Gasteiger partial charge in [-0.25, -0.2) is 4.98 Å². The number of benzene rings is 2. The van der Waals surface area contributed by atoms with Crippen LogP contribution in [0.2, 0.25) is 0 Å². The maximum Gasteiger partial charge on any atom is 0.289 e. The highest BCUT2D eigenvalue weighted by Crippen LogP contribution is 2.36. The average molecular weight is 429 g/mol. The molecule has 0 unspecified atom stereocenters. The van der Waals surface area contributed by atoms with Crippen LogP contribution in [0.4, 0.5) is 5.82 Å². The minimum Gasteiger partial charge on any atom is -0.496 e. The van der Waals surface area contributed by atoms with Crippen molar-refractivity contribution in [1.82, 2.24) is 0 Å². The molecule has 0 atom stereocenters. The van der Waals surface area contributed by atoms with E-state index in [2.05, 4.69) is 24.0 Å². The number of fused-ring (bicyclic) bond motifs is 1. The molecule has 0 saturated heterocycles. The lowest BCUT2D eigenvalue weighted by atomic mass is 9.87. The number of aromatic nitrogens is 1. The van der Waals surface area contributed by atoms with Gasteiger partial charge in [-0.3, -0.25) is 5.73 Å². The third-order valence-electron chi connectivity index (χ3n) is 6.17. The van der Waals surface area contributed by atoms with E-state index < -0.39 is 0 Å². The van der Waals surface area contributed by atoms with E-state index in [0.29, 0.717) is 18.0 Å². The summed E-state index contributed by atoms with van der Waals surface area (Å²) in [5.74, 6) is 2.01. The maximum absolute atomic E-state index is 9.93. The second-order valence-electron chi connectivity index (χ2n) is 8.40. The third kappa shape index (κ3) is 4.55. The van der Waals surface area contributed by atoms with Gasteiger partial charge in [-0.1, -0.05) is 36.6 Å². The summed E-state index contributed by atoms with van der Waals surface area (Å²) < 4.78 is 11.6. The van der Waals surface area contributed by atoms with Crippen molar-refractivity contribution in [3.8, 4) is 28.7 Å². The number of pyridine rings is 1. The predicted octanol–water partition coefficient (Wildman–Crippen LogP) is 5.18. The number of nitrogens with one attached hydrogen (secondary N) is 1. The van der Waals surface area contributed by atoms with Crippen LogP contribution in [-0.4, -0.2) is 7.11 Å². The summed E-state index contributed by atoms with van der Waals surface area (Å²) >= 11 is 0. The fraction of sp³-hybridized carbons (Fsp3) is 0.333. The number of anilines is 1. The van der Waals surface area contributed by atoms with Gasteiger partial charge in [-0.05, 0) is 56.0 Å². The average Bonchev–Trinajstić information content (AvgIpc) is 2.79. The van der Waals surface area contributed by atoms with Gasteiger partial charge < -0.3 is 9.47 Å². The van der Waals surface area contributed by atoms with Crippen LogP contribution in [0.25, 0.3) is 11.1 Å². The summed E-state index contributed by atoms with van der Waals surface area (Å²) in [6, 6.07) is 16.4. The first-order valence-corrected chi connectivity index (χ1v) is 11.2. The molecule has 2 aromatic carbocycles. The largest absolute Gasteiger partial charge is 0.496 e. The Labute approximate surface area is 189 Å². The van der Waals surface area contributed by atoms with Crippen molar-refractivity contribution in [2.45, 2.75) is 52.1 Å². The van der Waals surface area contributed by atoms with Crippen molar-refractivity contribution >= 4 is 5.82 Å². The number of ether oxygens (including phenoxy) is 2. The third-order valence-corrected chi connectivity index (χ3v) is 6.17. The molecule has 0 saturated carbocycles. The Balaban J connectivity index is 1.77. The zero-order valence-corrected chi connectivity index (χ0v) is 18.8. The minimum atomic E-state index is 0.374. The van der Waals surface area contributed by atoms with Gasteiger partial charge in [0, 0.05) is 23.1 Å². The number of hydrogen-bond donors (Lipinski definition) is 1. The smallest absolute Gasteiger partial charge is 0.289 e. The predicted molar refractivity (Wildman–Crippen MR) is 126 cm³/mol. The highest BCUT2D eigenvalue weighted by atomic mass is 16.5. The number of aryl methyl sites for hydroxylation is 2. The molecule has 1 aromatic heterocycles. The number of nitriles is 1. The topological polar surface area (TPSA) is 82.4 Å². The fourth-order valence-electron chi connectivity index (χ4n) is 4.46. The zero-order chi connectivity index (χ0) is 22.5. The van der Waals surface area contributed by atoms with Crippen molar-refractivity contribution in [1.29, 1.82) is 5.26 Å². The molecule has 0 radical (unpaired) electrons. The molecule has 1 aliphatic carbocycles. The Bertz CT molecular complexity index is 1150. The van der Waals surface area contributed by atoms with Crippen molar-refractivity contribution < 1.29 is 14.5 Å². The number of nitrogens with zero attached hydrogens (tertiary/aromatic N) is 1. The molecule has 4 rings (SSSR count). The normalized spacial score (nSPS) is 13.4. The van der Waals surface area contributed by atoms with Gasteiger partial charge in [-0.15, -0.1) is 0 Å². The quantitative estimate of drug-likeness (QED) is 0.607. The highest BCUT2D eigenvalue weighted by Gasteiger charge is 2.24. The summed E-state index contributed by atoms with van der Waals surface area (Å²) in [6.45, 7) is 2.43. The molecular formula is C27H30N3O2+. The molecular weight excluding hydrogens is 398 g/mol. The van der Waals surface area contributed by atoms with Gasteiger partial charge in [0.2, 0.25) is 0 Å². The summed E-state index contributed by atoms with van der Waals surface area (Å²) in [4.78, 5) is 3.32. The molecule has 164 valence electrons. The first-order chi connectivity index (χ1) is 15.6. The number of H-pyrrole nitrogens is 1. The highest BCUT2D eigenvalue weighted by molar-refractivity contribution is 5.78. The van der Waals surface area contributed by atoms with Crippen LogP contribution in [0.15, 0.2) is 42.5 Å². The number of aromatic amines is 1. The summed E-state index contributed by atoms with van der Waals surface area (Å²) in [6.07, 6.45) is 6.58. The Kier molecular flexibility index (Phi) is 6.61. The SMILES string of the molecule is COc1ccc(-c2c(C#N)c(N)[nH+]c3c2CCCCCC3)cc1COc1ccc(C)cc1. The van der Waals surface area contributed by atoms with E-state index in [1.165, 1.54) is 24.0 Å². The molecule has 1 aliphatic rings. The van der Waals surface area contributed by atoms with E-state index in [9.17, 15) is 5.26 Å². The lowest BCUT2D eigenvalue weighted by molar-refractivity contribution is -0.374. The molecule has 5 nitrogen and oxygen atoms in total. The molecule has 1 heterocycles. The van der Waals surface area contributed by atoms with Crippen LogP contribution < -0.4 is 20.2 Å². The molecule has 0 aliphatic heterocycles. The van der Waals surface area contributed by atoms with Crippen LogP contribution in [0, 0.1) is 18.3 Å². The van der Waals surface area contributed by atoms with Gasteiger partial charge in [0.1, 0.15) is 35.4 Å². The number of hydrogen-bond acceptors (Lipinski definition) is 4.